The maximum absolute atomic E-state index is 13.2. The first kappa shape index (κ1) is 23.1. The first-order valence-electron chi connectivity index (χ1n) is 10.8. The number of hydrogen-bond donors (Lipinski definition) is 1. The average molecular weight is 439 g/mol. The molecule has 9 heteroatoms. The van der Waals surface area contributed by atoms with Crippen molar-refractivity contribution < 1.29 is 27.6 Å². The molecule has 0 spiro atoms. The fourth-order valence-corrected chi connectivity index (χ4v) is 4.19. The van der Waals surface area contributed by atoms with Gasteiger partial charge in [-0.25, -0.2) is 4.79 Å². The standard InChI is InChI=1S/C22H28F3N3O3/c23-22(24,25)20(30)26-14-19(29)17-10-8-16(9-11-17)15-28(18-6-2-3-7-18)21(31)27-12-4-1-5-13-27/h8-11,18H,1-7,12-15H2,(H,26,30). The number of likely N-dealkylation sites (tertiary alicyclic amines) is 1. The fourth-order valence-electron chi connectivity index (χ4n) is 4.19. The van der Waals surface area contributed by atoms with Crippen LogP contribution in [0.1, 0.15) is 60.9 Å². The fraction of sp³-hybridized carbons (Fsp3) is 0.591. The Balaban J connectivity index is 1.63. The summed E-state index contributed by atoms with van der Waals surface area (Å²) in [6.45, 7) is 1.26. The molecule has 2 aliphatic rings. The summed E-state index contributed by atoms with van der Waals surface area (Å²) < 4.78 is 36.7. The van der Waals surface area contributed by atoms with Gasteiger partial charge in [-0.3, -0.25) is 9.59 Å². The van der Waals surface area contributed by atoms with Gasteiger partial charge in [0.1, 0.15) is 0 Å². The summed E-state index contributed by atoms with van der Waals surface area (Å²) in [4.78, 5) is 40.0. The van der Waals surface area contributed by atoms with Crippen molar-refractivity contribution in [3.63, 3.8) is 0 Å². The Morgan fingerprint density at radius 3 is 2.16 bits per heavy atom. The van der Waals surface area contributed by atoms with E-state index in [-0.39, 0.29) is 17.6 Å². The monoisotopic (exact) mass is 439 g/mol. The molecule has 3 amide bonds. The van der Waals surface area contributed by atoms with Crippen molar-refractivity contribution >= 4 is 17.7 Å². The van der Waals surface area contributed by atoms with Crippen LogP contribution in [0.5, 0.6) is 0 Å². The quantitative estimate of drug-likeness (QED) is 0.684. The van der Waals surface area contributed by atoms with Crippen LogP contribution in [0, 0.1) is 0 Å². The molecule has 2 fully saturated rings. The minimum Gasteiger partial charge on any atom is -0.341 e. The van der Waals surface area contributed by atoms with E-state index in [1.807, 2.05) is 9.80 Å². The Morgan fingerprint density at radius 1 is 0.968 bits per heavy atom. The molecule has 0 aromatic heterocycles. The second-order valence-corrected chi connectivity index (χ2v) is 8.20. The van der Waals surface area contributed by atoms with Gasteiger partial charge in [0.15, 0.2) is 5.78 Å². The second-order valence-electron chi connectivity index (χ2n) is 8.20. The van der Waals surface area contributed by atoms with Crippen molar-refractivity contribution in [1.82, 2.24) is 15.1 Å². The van der Waals surface area contributed by atoms with Gasteiger partial charge in [0.05, 0.1) is 6.54 Å². The molecule has 0 bridgehead atoms. The number of amides is 3. The Labute approximate surface area is 179 Å². The van der Waals surface area contributed by atoms with Crippen molar-refractivity contribution in [2.24, 2.45) is 0 Å². The van der Waals surface area contributed by atoms with Crippen LogP contribution >= 0.6 is 0 Å². The highest BCUT2D eigenvalue weighted by Crippen LogP contribution is 2.27. The topological polar surface area (TPSA) is 69.7 Å². The van der Waals surface area contributed by atoms with Gasteiger partial charge in [-0.2, -0.15) is 13.2 Å². The lowest BCUT2D eigenvalue weighted by atomic mass is 10.1. The van der Waals surface area contributed by atoms with Gasteiger partial charge in [0.25, 0.3) is 0 Å². The second kappa shape index (κ2) is 10.2. The molecule has 6 nitrogen and oxygen atoms in total. The minimum absolute atomic E-state index is 0.0571. The van der Waals surface area contributed by atoms with Crippen LogP contribution in [0.4, 0.5) is 18.0 Å². The van der Waals surface area contributed by atoms with Gasteiger partial charge < -0.3 is 15.1 Å². The highest BCUT2D eigenvalue weighted by atomic mass is 19.4. The van der Waals surface area contributed by atoms with Gasteiger partial charge in [0, 0.05) is 31.2 Å². The number of urea groups is 1. The van der Waals surface area contributed by atoms with E-state index in [0.29, 0.717) is 6.54 Å². The zero-order valence-electron chi connectivity index (χ0n) is 17.4. The number of piperidine rings is 1. The third kappa shape index (κ3) is 6.21. The molecule has 1 aromatic carbocycles. The molecule has 1 saturated heterocycles. The molecule has 1 heterocycles. The zero-order valence-corrected chi connectivity index (χ0v) is 17.4. The van der Waals surface area contributed by atoms with E-state index in [1.165, 1.54) is 12.1 Å². The summed E-state index contributed by atoms with van der Waals surface area (Å²) in [6.07, 6.45) is 2.33. The molecule has 0 unspecified atom stereocenters. The van der Waals surface area contributed by atoms with Crippen molar-refractivity contribution in [2.45, 2.75) is 63.7 Å². The molecule has 1 saturated carbocycles. The van der Waals surface area contributed by atoms with Crippen LogP contribution in [0.15, 0.2) is 24.3 Å². The van der Waals surface area contributed by atoms with Gasteiger partial charge in [-0.15, -0.1) is 0 Å². The van der Waals surface area contributed by atoms with Crippen molar-refractivity contribution in [3.05, 3.63) is 35.4 Å². The molecular formula is C22H28F3N3O3. The van der Waals surface area contributed by atoms with Crippen LogP contribution < -0.4 is 5.32 Å². The largest absolute Gasteiger partial charge is 0.471 e. The molecule has 1 aromatic rings. The highest BCUT2D eigenvalue weighted by Gasteiger charge is 2.38. The molecular weight excluding hydrogens is 411 g/mol. The normalized spacial score (nSPS) is 17.5. The molecule has 1 N–H and O–H groups in total. The number of Topliss-reactive ketones (excluding diaryl/α,β-unsaturated/α-hetero) is 1. The van der Waals surface area contributed by atoms with Crippen molar-refractivity contribution in [1.29, 1.82) is 0 Å². The number of rotatable bonds is 6. The predicted octanol–water partition coefficient (Wildman–Crippen LogP) is 3.90. The summed E-state index contributed by atoms with van der Waals surface area (Å²) in [5, 5.41) is 1.58. The lowest BCUT2D eigenvalue weighted by molar-refractivity contribution is -0.173. The summed E-state index contributed by atoms with van der Waals surface area (Å²) in [5.41, 5.74) is 1.06. The number of ketones is 1. The lowest BCUT2D eigenvalue weighted by Crippen LogP contribution is -2.48. The average Bonchev–Trinajstić information content (AvgIpc) is 3.30. The predicted molar refractivity (Wildman–Crippen MR) is 108 cm³/mol. The Morgan fingerprint density at radius 2 is 1.58 bits per heavy atom. The highest BCUT2D eigenvalue weighted by molar-refractivity contribution is 5.99. The summed E-state index contributed by atoms with van der Waals surface area (Å²) in [6, 6.07) is 6.73. The smallest absolute Gasteiger partial charge is 0.341 e. The minimum atomic E-state index is -5.02. The Hall–Kier alpha value is -2.58. The third-order valence-electron chi connectivity index (χ3n) is 5.93. The van der Waals surface area contributed by atoms with E-state index in [9.17, 15) is 27.6 Å². The number of carbonyl (C=O) groups excluding carboxylic acids is 3. The molecule has 1 aliphatic carbocycles. The first-order valence-corrected chi connectivity index (χ1v) is 10.8. The molecule has 0 radical (unpaired) electrons. The van der Waals surface area contributed by atoms with E-state index in [4.69, 9.17) is 0 Å². The summed E-state index contributed by atoms with van der Waals surface area (Å²) in [7, 11) is 0. The lowest BCUT2D eigenvalue weighted by Gasteiger charge is -2.36. The number of halogens is 3. The van der Waals surface area contributed by atoms with E-state index in [0.717, 1.165) is 63.6 Å². The Bertz CT molecular complexity index is 783. The molecule has 0 atom stereocenters. The van der Waals surface area contributed by atoms with Crippen LogP contribution in [0.2, 0.25) is 0 Å². The molecule has 3 rings (SSSR count). The van der Waals surface area contributed by atoms with Crippen molar-refractivity contribution in [3.8, 4) is 0 Å². The van der Waals surface area contributed by atoms with Gasteiger partial charge in [-0.05, 0) is 37.7 Å². The van der Waals surface area contributed by atoms with E-state index < -0.39 is 24.4 Å². The number of carbonyl (C=O) groups is 3. The maximum atomic E-state index is 13.2. The van der Waals surface area contributed by atoms with Gasteiger partial charge >= 0.3 is 18.1 Å². The maximum Gasteiger partial charge on any atom is 0.471 e. The summed E-state index contributed by atoms with van der Waals surface area (Å²) in [5.74, 6) is -2.75. The van der Waals surface area contributed by atoms with Crippen LogP contribution in [0.25, 0.3) is 0 Å². The number of nitrogens with one attached hydrogen (secondary N) is 1. The van der Waals surface area contributed by atoms with E-state index >= 15 is 0 Å². The first-order chi connectivity index (χ1) is 14.8. The van der Waals surface area contributed by atoms with Crippen LogP contribution in [-0.4, -0.2) is 59.4 Å². The van der Waals surface area contributed by atoms with Crippen molar-refractivity contribution in [2.75, 3.05) is 19.6 Å². The van der Waals surface area contributed by atoms with Gasteiger partial charge in [-0.1, -0.05) is 37.1 Å². The van der Waals surface area contributed by atoms with Crippen LogP contribution in [0.3, 0.4) is 0 Å². The third-order valence-corrected chi connectivity index (χ3v) is 5.93. The number of benzene rings is 1. The Kier molecular flexibility index (Phi) is 7.56. The van der Waals surface area contributed by atoms with Crippen LogP contribution in [-0.2, 0) is 11.3 Å². The van der Waals surface area contributed by atoms with E-state index in [2.05, 4.69) is 0 Å². The molecule has 170 valence electrons. The summed E-state index contributed by atoms with van der Waals surface area (Å²) >= 11 is 0. The molecule has 31 heavy (non-hydrogen) atoms. The molecule has 1 aliphatic heterocycles. The van der Waals surface area contributed by atoms with Gasteiger partial charge in [0.2, 0.25) is 0 Å². The number of alkyl halides is 3. The number of hydrogen-bond acceptors (Lipinski definition) is 3. The SMILES string of the molecule is O=C(CNC(=O)C(F)(F)F)c1ccc(CN(C(=O)N2CCCCC2)C2CCCC2)cc1. The number of nitrogens with zero attached hydrogens (tertiary/aromatic N) is 2. The van der Waals surface area contributed by atoms with E-state index in [1.54, 1.807) is 17.4 Å². The zero-order chi connectivity index (χ0) is 22.4.